The van der Waals surface area contributed by atoms with Gasteiger partial charge < -0.3 is 14.9 Å². The van der Waals surface area contributed by atoms with E-state index in [9.17, 15) is 9.90 Å². The Morgan fingerprint density at radius 2 is 1.70 bits per heavy atom. The average molecular weight is 317 g/mol. The van der Waals surface area contributed by atoms with Gasteiger partial charge in [0.2, 0.25) is 5.91 Å². The van der Waals surface area contributed by atoms with Crippen molar-refractivity contribution in [2.45, 2.75) is 51.0 Å². The fourth-order valence-corrected chi connectivity index (χ4v) is 4.06. The minimum absolute atomic E-state index is 0.0888. The Bertz CT molecular complexity index is 520. The number of nitrogens with zero attached hydrogens (tertiary/aromatic N) is 1. The highest BCUT2D eigenvalue weighted by Crippen LogP contribution is 2.25. The molecule has 0 saturated carbocycles. The normalized spacial score (nSPS) is 21.1. The van der Waals surface area contributed by atoms with Gasteiger partial charge in [-0.05, 0) is 50.7 Å². The number of piperidine rings is 2. The Morgan fingerprint density at radius 1 is 1.04 bits per heavy atom. The third-order valence-electron chi connectivity index (χ3n) is 5.39. The molecule has 1 aromatic rings. The molecule has 2 saturated heterocycles. The Balaban J connectivity index is 1.77. The number of likely N-dealkylation sites (tertiary alicyclic amines) is 2. The molecule has 2 aliphatic heterocycles. The van der Waals surface area contributed by atoms with E-state index in [-0.39, 0.29) is 11.9 Å². The SMILES string of the molecule is O=C(C[C@@H](c1ccccc1O)[NH+]1CCCCC1)N1CCCCC1. The summed E-state index contributed by atoms with van der Waals surface area (Å²) in [6, 6.07) is 7.65. The second-order valence-corrected chi connectivity index (χ2v) is 6.98. The lowest BCUT2D eigenvalue weighted by atomic mass is 9.97. The molecule has 0 bridgehead atoms. The molecule has 126 valence electrons. The number of hydrogen-bond donors (Lipinski definition) is 2. The van der Waals surface area contributed by atoms with Crippen LogP contribution in [-0.2, 0) is 4.79 Å². The van der Waals surface area contributed by atoms with Gasteiger partial charge in [-0.2, -0.15) is 0 Å². The number of nitrogens with one attached hydrogen (secondary N) is 1. The van der Waals surface area contributed by atoms with Gasteiger partial charge in [-0.3, -0.25) is 4.79 Å². The number of carbonyl (C=O) groups excluding carboxylic acids is 1. The van der Waals surface area contributed by atoms with Gasteiger partial charge in [0.05, 0.1) is 25.1 Å². The van der Waals surface area contributed by atoms with Crippen LogP contribution >= 0.6 is 0 Å². The van der Waals surface area contributed by atoms with Gasteiger partial charge in [-0.25, -0.2) is 0 Å². The molecule has 2 N–H and O–H groups in total. The van der Waals surface area contributed by atoms with Crippen LogP contribution in [0.1, 0.15) is 56.6 Å². The molecule has 2 fully saturated rings. The van der Waals surface area contributed by atoms with Gasteiger partial charge in [0, 0.05) is 13.1 Å². The summed E-state index contributed by atoms with van der Waals surface area (Å²) < 4.78 is 0. The van der Waals surface area contributed by atoms with Crippen molar-refractivity contribution in [3.8, 4) is 5.75 Å². The summed E-state index contributed by atoms with van der Waals surface area (Å²) >= 11 is 0. The van der Waals surface area contributed by atoms with Crippen molar-refractivity contribution in [2.75, 3.05) is 26.2 Å². The molecule has 2 aliphatic rings. The van der Waals surface area contributed by atoms with E-state index in [1.165, 1.54) is 30.6 Å². The fourth-order valence-electron chi connectivity index (χ4n) is 4.06. The standard InChI is InChI=1S/C19H28N2O2/c22-18-10-4-3-9-16(18)17(20-11-5-1-6-12-20)15-19(23)21-13-7-2-8-14-21/h3-4,9-10,17,22H,1-2,5-8,11-15H2/p+1/t17-/m0/s1. The molecule has 0 radical (unpaired) electrons. The zero-order chi connectivity index (χ0) is 16.1. The number of amides is 1. The Morgan fingerprint density at radius 3 is 2.39 bits per heavy atom. The van der Waals surface area contributed by atoms with Gasteiger partial charge in [-0.15, -0.1) is 0 Å². The first kappa shape index (κ1) is 16.3. The summed E-state index contributed by atoms with van der Waals surface area (Å²) in [5.41, 5.74) is 0.940. The lowest BCUT2D eigenvalue weighted by Gasteiger charge is -2.34. The van der Waals surface area contributed by atoms with Crippen LogP contribution in [0, 0.1) is 0 Å². The Kier molecular flexibility index (Phi) is 5.55. The van der Waals surface area contributed by atoms with Crippen molar-refractivity contribution in [1.29, 1.82) is 0 Å². The quantitative estimate of drug-likeness (QED) is 0.891. The van der Waals surface area contributed by atoms with E-state index in [1.54, 1.807) is 6.07 Å². The van der Waals surface area contributed by atoms with Crippen molar-refractivity contribution < 1.29 is 14.8 Å². The maximum atomic E-state index is 12.8. The van der Waals surface area contributed by atoms with Crippen LogP contribution in [-0.4, -0.2) is 42.1 Å². The van der Waals surface area contributed by atoms with Gasteiger partial charge >= 0.3 is 0 Å². The monoisotopic (exact) mass is 317 g/mol. The van der Waals surface area contributed by atoms with Crippen molar-refractivity contribution >= 4 is 5.91 Å². The fraction of sp³-hybridized carbons (Fsp3) is 0.632. The third kappa shape index (κ3) is 4.05. The maximum absolute atomic E-state index is 12.8. The third-order valence-corrected chi connectivity index (χ3v) is 5.39. The lowest BCUT2D eigenvalue weighted by Crippen LogP contribution is -3.13. The number of carbonyl (C=O) groups is 1. The highest BCUT2D eigenvalue weighted by atomic mass is 16.3. The molecular formula is C19H29N2O2+. The van der Waals surface area contributed by atoms with Crippen LogP contribution in [0.4, 0.5) is 0 Å². The van der Waals surface area contributed by atoms with Gasteiger partial charge in [-0.1, -0.05) is 12.1 Å². The number of benzene rings is 1. The number of rotatable bonds is 4. The first-order valence-corrected chi connectivity index (χ1v) is 9.16. The van der Waals surface area contributed by atoms with Gasteiger partial charge in [0.15, 0.2) is 0 Å². The number of phenolic OH excluding ortho intramolecular Hbond substituents is 1. The molecule has 0 aromatic heterocycles. The number of hydrogen-bond acceptors (Lipinski definition) is 2. The number of quaternary nitrogens is 1. The van der Waals surface area contributed by atoms with Crippen LogP contribution in [0.15, 0.2) is 24.3 Å². The smallest absolute Gasteiger partial charge is 0.228 e. The van der Waals surface area contributed by atoms with E-state index in [0.717, 1.165) is 44.6 Å². The summed E-state index contributed by atoms with van der Waals surface area (Å²) in [4.78, 5) is 16.3. The van der Waals surface area contributed by atoms with E-state index in [0.29, 0.717) is 12.2 Å². The van der Waals surface area contributed by atoms with E-state index in [1.807, 2.05) is 23.1 Å². The predicted molar refractivity (Wildman–Crippen MR) is 90.4 cm³/mol. The molecule has 1 aromatic carbocycles. The van der Waals surface area contributed by atoms with Gasteiger partial charge in [0.1, 0.15) is 11.8 Å². The first-order valence-electron chi connectivity index (χ1n) is 9.16. The summed E-state index contributed by atoms with van der Waals surface area (Å²) in [5, 5.41) is 10.3. The second kappa shape index (κ2) is 7.82. The van der Waals surface area contributed by atoms with E-state index in [2.05, 4.69) is 0 Å². The molecule has 3 rings (SSSR count). The summed E-state index contributed by atoms with van der Waals surface area (Å²) in [7, 11) is 0. The van der Waals surface area contributed by atoms with Crippen molar-refractivity contribution in [3.63, 3.8) is 0 Å². The largest absolute Gasteiger partial charge is 0.507 e. The average Bonchev–Trinajstić information content (AvgIpc) is 2.62. The van der Waals surface area contributed by atoms with Crippen molar-refractivity contribution in [1.82, 2.24) is 4.90 Å². The molecule has 4 heteroatoms. The molecule has 23 heavy (non-hydrogen) atoms. The molecule has 1 amide bonds. The summed E-state index contributed by atoms with van der Waals surface area (Å²) in [6.45, 7) is 4.02. The van der Waals surface area contributed by atoms with Crippen molar-refractivity contribution in [3.05, 3.63) is 29.8 Å². The van der Waals surface area contributed by atoms with E-state index < -0.39 is 0 Å². The summed E-state index contributed by atoms with van der Waals surface area (Å²) in [5.74, 6) is 0.595. The van der Waals surface area contributed by atoms with Crippen LogP contribution in [0.5, 0.6) is 5.75 Å². The lowest BCUT2D eigenvalue weighted by molar-refractivity contribution is -0.935. The predicted octanol–water partition coefficient (Wildman–Crippen LogP) is 1.90. The first-order chi connectivity index (χ1) is 11.3. The van der Waals surface area contributed by atoms with E-state index in [4.69, 9.17) is 0 Å². The minimum atomic E-state index is 0.0888. The molecule has 0 unspecified atom stereocenters. The molecular weight excluding hydrogens is 288 g/mol. The number of para-hydroxylation sites is 1. The van der Waals surface area contributed by atoms with Gasteiger partial charge in [0.25, 0.3) is 0 Å². The molecule has 0 spiro atoms. The molecule has 2 heterocycles. The topological polar surface area (TPSA) is 45.0 Å². The zero-order valence-electron chi connectivity index (χ0n) is 14.0. The minimum Gasteiger partial charge on any atom is -0.507 e. The number of phenols is 1. The Labute approximate surface area is 139 Å². The molecule has 0 aliphatic carbocycles. The highest BCUT2D eigenvalue weighted by Gasteiger charge is 2.32. The van der Waals surface area contributed by atoms with Crippen LogP contribution in [0.25, 0.3) is 0 Å². The highest BCUT2D eigenvalue weighted by molar-refractivity contribution is 5.77. The zero-order valence-corrected chi connectivity index (χ0v) is 14.0. The van der Waals surface area contributed by atoms with E-state index >= 15 is 0 Å². The van der Waals surface area contributed by atoms with Crippen LogP contribution in [0.2, 0.25) is 0 Å². The summed E-state index contributed by atoms with van der Waals surface area (Å²) in [6.07, 6.45) is 7.75. The maximum Gasteiger partial charge on any atom is 0.228 e. The van der Waals surface area contributed by atoms with Crippen molar-refractivity contribution in [2.24, 2.45) is 0 Å². The number of aromatic hydroxyl groups is 1. The molecule has 1 atom stereocenters. The van der Waals surface area contributed by atoms with Crippen LogP contribution < -0.4 is 4.90 Å². The molecule has 4 nitrogen and oxygen atoms in total. The Hall–Kier alpha value is -1.55. The van der Waals surface area contributed by atoms with Crippen LogP contribution in [0.3, 0.4) is 0 Å². The second-order valence-electron chi connectivity index (χ2n) is 6.98.